The topological polar surface area (TPSA) is 15.3 Å². The van der Waals surface area contributed by atoms with Crippen LogP contribution in [0.2, 0.25) is 0 Å². The highest BCUT2D eigenvalue weighted by molar-refractivity contribution is 5.01. The third-order valence-corrected chi connectivity index (χ3v) is 6.56. The molecule has 5 rings (SSSR count). The lowest BCUT2D eigenvalue weighted by molar-refractivity contribution is -0.0608. The second-order valence-electron chi connectivity index (χ2n) is 8.11. The predicted octanol–water partition coefficient (Wildman–Crippen LogP) is 2.89. The van der Waals surface area contributed by atoms with Gasteiger partial charge in [-0.2, -0.15) is 0 Å². The number of hydrogen-bond acceptors (Lipinski definition) is 2. The molecule has 0 aromatic carbocycles. The van der Waals surface area contributed by atoms with Crippen LogP contribution < -0.4 is 5.32 Å². The molecule has 2 heteroatoms. The van der Waals surface area contributed by atoms with Crippen LogP contribution in [0.15, 0.2) is 0 Å². The van der Waals surface area contributed by atoms with Crippen molar-refractivity contribution in [3.8, 4) is 0 Å². The van der Waals surface area contributed by atoms with Crippen LogP contribution in [0.25, 0.3) is 0 Å². The maximum atomic E-state index is 3.53. The van der Waals surface area contributed by atoms with Gasteiger partial charge >= 0.3 is 0 Å². The minimum Gasteiger partial charge on any atom is -0.315 e. The molecule has 1 heterocycles. The Morgan fingerprint density at radius 3 is 2.26 bits per heavy atom. The number of nitrogens with zero attached hydrogens (tertiary/aromatic N) is 1. The molecule has 2 nitrogen and oxygen atoms in total. The fraction of sp³-hybridized carbons (Fsp3) is 1.00. The maximum Gasteiger partial charge on any atom is 0.0107 e. The third-order valence-electron chi connectivity index (χ3n) is 6.56. The van der Waals surface area contributed by atoms with E-state index >= 15 is 0 Å². The second kappa shape index (κ2) is 5.04. The summed E-state index contributed by atoms with van der Waals surface area (Å²) in [5.74, 6) is 3.37. The van der Waals surface area contributed by atoms with Gasteiger partial charge in [-0.1, -0.05) is 0 Å². The van der Waals surface area contributed by atoms with E-state index in [1.165, 1.54) is 45.6 Å². The molecule has 1 aliphatic heterocycles. The lowest BCUT2D eigenvalue weighted by Gasteiger charge is -2.57. The van der Waals surface area contributed by atoms with E-state index in [2.05, 4.69) is 10.2 Å². The van der Waals surface area contributed by atoms with Crippen molar-refractivity contribution in [2.24, 2.45) is 23.2 Å². The van der Waals surface area contributed by atoms with Crippen molar-refractivity contribution < 1.29 is 0 Å². The van der Waals surface area contributed by atoms with Crippen molar-refractivity contribution in [2.75, 3.05) is 32.7 Å². The molecule has 0 radical (unpaired) electrons. The van der Waals surface area contributed by atoms with E-state index in [9.17, 15) is 0 Å². The zero-order chi connectivity index (χ0) is 12.7. The van der Waals surface area contributed by atoms with Gasteiger partial charge in [-0.25, -0.2) is 0 Å². The smallest absolute Gasteiger partial charge is 0.0107 e. The summed E-state index contributed by atoms with van der Waals surface area (Å²) in [6.45, 7) is 6.44. The van der Waals surface area contributed by atoms with E-state index in [-0.39, 0.29) is 0 Å². The van der Waals surface area contributed by atoms with E-state index in [4.69, 9.17) is 0 Å². The summed E-state index contributed by atoms with van der Waals surface area (Å²) in [6, 6.07) is 0. The summed E-state index contributed by atoms with van der Waals surface area (Å²) in [5, 5.41) is 3.53. The molecule has 0 aromatic heterocycles. The fourth-order valence-corrected chi connectivity index (χ4v) is 6.12. The molecule has 5 aliphatic rings. The average Bonchev–Trinajstić information content (AvgIpc) is 2.63. The molecule has 4 saturated carbocycles. The molecular weight excluding hydrogens is 232 g/mol. The van der Waals surface area contributed by atoms with Gasteiger partial charge in [0, 0.05) is 13.1 Å². The van der Waals surface area contributed by atoms with Gasteiger partial charge in [-0.15, -0.1) is 0 Å². The maximum absolute atomic E-state index is 3.53. The molecule has 5 fully saturated rings. The van der Waals surface area contributed by atoms with E-state index in [0.717, 1.165) is 23.2 Å². The second-order valence-corrected chi connectivity index (χ2v) is 8.11. The highest BCUT2D eigenvalue weighted by Gasteiger charge is 2.50. The molecule has 0 spiro atoms. The van der Waals surface area contributed by atoms with Crippen molar-refractivity contribution >= 4 is 0 Å². The molecule has 1 saturated heterocycles. The molecule has 1 N–H and O–H groups in total. The molecule has 4 bridgehead atoms. The van der Waals surface area contributed by atoms with E-state index < -0.39 is 0 Å². The van der Waals surface area contributed by atoms with Gasteiger partial charge in [0.05, 0.1) is 0 Å². The summed E-state index contributed by atoms with van der Waals surface area (Å²) in [6.07, 6.45) is 12.4. The lowest BCUT2D eigenvalue weighted by atomic mass is 9.49. The molecule has 19 heavy (non-hydrogen) atoms. The molecule has 0 aromatic rings. The van der Waals surface area contributed by atoms with Crippen LogP contribution in [0.5, 0.6) is 0 Å². The fourth-order valence-electron chi connectivity index (χ4n) is 6.12. The van der Waals surface area contributed by atoms with Gasteiger partial charge in [-0.3, -0.25) is 0 Å². The summed E-state index contributed by atoms with van der Waals surface area (Å²) in [4.78, 5) is 2.73. The summed E-state index contributed by atoms with van der Waals surface area (Å²) >= 11 is 0. The molecule has 108 valence electrons. The molecular formula is C17H30N2. The summed E-state index contributed by atoms with van der Waals surface area (Å²) < 4.78 is 0. The Labute approximate surface area is 118 Å². The van der Waals surface area contributed by atoms with Crippen molar-refractivity contribution in [3.63, 3.8) is 0 Å². The van der Waals surface area contributed by atoms with E-state index in [0.29, 0.717) is 0 Å². The van der Waals surface area contributed by atoms with Crippen molar-refractivity contribution in [2.45, 2.75) is 51.4 Å². The normalized spacial score (nSPS) is 46.4. The average molecular weight is 262 g/mol. The first-order valence-corrected chi connectivity index (χ1v) is 8.74. The van der Waals surface area contributed by atoms with Crippen LogP contribution in [0.3, 0.4) is 0 Å². The zero-order valence-corrected chi connectivity index (χ0v) is 12.4. The first-order valence-electron chi connectivity index (χ1n) is 8.74. The van der Waals surface area contributed by atoms with Crippen LogP contribution in [0.1, 0.15) is 51.4 Å². The van der Waals surface area contributed by atoms with Gasteiger partial charge in [-0.05, 0) is 94.2 Å². The van der Waals surface area contributed by atoms with Crippen LogP contribution in [-0.2, 0) is 0 Å². The zero-order valence-electron chi connectivity index (χ0n) is 12.4. The Morgan fingerprint density at radius 2 is 1.58 bits per heavy atom. The standard InChI is InChI=1S/C17H30N2/c1-3-18-4-7-19(5-1)6-2-17-11-14-8-15(12-17)10-16(9-14)13-17/h14-16,18H,1-13H2. The monoisotopic (exact) mass is 262 g/mol. The Bertz CT molecular complexity index is 282. The summed E-state index contributed by atoms with van der Waals surface area (Å²) in [5.41, 5.74) is 0.786. The van der Waals surface area contributed by atoms with E-state index in [1.54, 1.807) is 38.5 Å². The van der Waals surface area contributed by atoms with Crippen molar-refractivity contribution in [1.82, 2.24) is 10.2 Å². The van der Waals surface area contributed by atoms with Crippen LogP contribution in [0, 0.1) is 23.2 Å². The van der Waals surface area contributed by atoms with Gasteiger partial charge < -0.3 is 10.2 Å². The minimum atomic E-state index is 0.786. The predicted molar refractivity (Wildman–Crippen MR) is 79.1 cm³/mol. The Hall–Kier alpha value is -0.0800. The van der Waals surface area contributed by atoms with Crippen molar-refractivity contribution in [1.29, 1.82) is 0 Å². The highest BCUT2D eigenvalue weighted by atomic mass is 15.1. The van der Waals surface area contributed by atoms with Gasteiger partial charge in [0.15, 0.2) is 0 Å². The quantitative estimate of drug-likeness (QED) is 0.841. The lowest BCUT2D eigenvalue weighted by Crippen LogP contribution is -2.47. The Balaban J connectivity index is 1.36. The van der Waals surface area contributed by atoms with Crippen LogP contribution in [-0.4, -0.2) is 37.6 Å². The molecule has 0 atom stereocenters. The van der Waals surface area contributed by atoms with Gasteiger partial charge in [0.25, 0.3) is 0 Å². The first kappa shape index (κ1) is 12.6. The van der Waals surface area contributed by atoms with Crippen LogP contribution in [0.4, 0.5) is 0 Å². The third kappa shape index (κ3) is 2.58. The molecule has 4 aliphatic carbocycles. The molecule has 0 amide bonds. The van der Waals surface area contributed by atoms with Gasteiger partial charge in [0.1, 0.15) is 0 Å². The molecule has 0 unspecified atom stereocenters. The van der Waals surface area contributed by atoms with E-state index in [1.807, 2.05) is 0 Å². The Kier molecular flexibility index (Phi) is 3.35. The Morgan fingerprint density at radius 1 is 0.895 bits per heavy atom. The number of nitrogens with one attached hydrogen (secondary N) is 1. The van der Waals surface area contributed by atoms with Gasteiger partial charge in [0.2, 0.25) is 0 Å². The first-order chi connectivity index (χ1) is 9.31. The van der Waals surface area contributed by atoms with Crippen molar-refractivity contribution in [3.05, 3.63) is 0 Å². The summed E-state index contributed by atoms with van der Waals surface area (Å²) in [7, 11) is 0. The number of rotatable bonds is 3. The largest absolute Gasteiger partial charge is 0.315 e. The highest BCUT2D eigenvalue weighted by Crippen LogP contribution is 2.61. The van der Waals surface area contributed by atoms with Crippen LogP contribution >= 0.6 is 0 Å². The minimum absolute atomic E-state index is 0.786. The number of hydrogen-bond donors (Lipinski definition) is 1. The SMILES string of the molecule is C1CNCCN(CCC23CC4CC(CC(C4)C2)C3)C1.